The molecule has 0 aromatic rings. The molecule has 8 heteroatoms. The van der Waals surface area contributed by atoms with E-state index in [-0.39, 0.29) is 0 Å². The molecule has 0 saturated carbocycles. The molecule has 0 nitrogen and oxygen atoms in total. The maximum Gasteiger partial charge on any atom is 0.375 e. The maximum atomic E-state index is 12.5. The van der Waals surface area contributed by atoms with Gasteiger partial charge in [-0.15, -0.1) is 0 Å². The molecule has 91 valence electrons. The molecule has 1 radical (unpaired) electrons. The van der Waals surface area contributed by atoms with Gasteiger partial charge in [0.1, 0.15) is 6.67 Å². The van der Waals surface area contributed by atoms with Crippen LogP contribution in [0.4, 0.5) is 35.1 Å². The SMILES string of the molecule is [CH2]CC(F)(F)C(F)(F)C(F)(F)[C@@H](F)CF. The van der Waals surface area contributed by atoms with E-state index in [4.69, 9.17) is 0 Å². The minimum absolute atomic E-state index is 1.85. The van der Waals surface area contributed by atoms with E-state index in [9.17, 15) is 35.1 Å². The zero-order valence-electron chi connectivity index (χ0n) is 7.22. The van der Waals surface area contributed by atoms with Crippen molar-refractivity contribution in [1.82, 2.24) is 0 Å². The molecule has 0 aliphatic carbocycles. The highest BCUT2D eigenvalue weighted by atomic mass is 19.3. The van der Waals surface area contributed by atoms with Gasteiger partial charge in [0.25, 0.3) is 0 Å². The first kappa shape index (κ1) is 14.4. The summed E-state index contributed by atoms with van der Waals surface area (Å²) in [5, 5.41) is 0. The van der Waals surface area contributed by atoms with Gasteiger partial charge in [-0.05, 0) is 6.92 Å². The van der Waals surface area contributed by atoms with Gasteiger partial charge in [0.15, 0.2) is 6.17 Å². The van der Waals surface area contributed by atoms with Crippen molar-refractivity contribution in [3.63, 3.8) is 0 Å². The lowest BCUT2D eigenvalue weighted by atomic mass is 9.99. The zero-order valence-corrected chi connectivity index (χ0v) is 7.22. The summed E-state index contributed by atoms with van der Waals surface area (Å²) in [7, 11) is 0. The van der Waals surface area contributed by atoms with Gasteiger partial charge in [0.05, 0.1) is 0 Å². The Morgan fingerprint density at radius 2 is 1.40 bits per heavy atom. The molecule has 0 aromatic carbocycles. The monoisotopic (exact) mass is 243 g/mol. The van der Waals surface area contributed by atoms with Crippen molar-refractivity contribution in [2.45, 2.75) is 30.4 Å². The summed E-state index contributed by atoms with van der Waals surface area (Å²) in [6, 6.07) is 0. The number of hydrogen-bond acceptors (Lipinski definition) is 0. The second kappa shape index (κ2) is 4.13. The van der Waals surface area contributed by atoms with Crippen LogP contribution < -0.4 is 0 Å². The quantitative estimate of drug-likeness (QED) is 0.649. The molecule has 1 atom stereocenters. The van der Waals surface area contributed by atoms with Crippen molar-refractivity contribution < 1.29 is 35.1 Å². The Hall–Kier alpha value is -0.560. The minimum atomic E-state index is -5.98. The Labute approximate surface area is 80.3 Å². The van der Waals surface area contributed by atoms with Crippen LogP contribution in [-0.4, -0.2) is 30.6 Å². The van der Waals surface area contributed by atoms with E-state index in [0.29, 0.717) is 0 Å². The maximum absolute atomic E-state index is 12.5. The van der Waals surface area contributed by atoms with Gasteiger partial charge in [-0.25, -0.2) is 8.78 Å². The predicted octanol–water partition coefficient (Wildman–Crippen LogP) is 3.42. The molecule has 15 heavy (non-hydrogen) atoms. The van der Waals surface area contributed by atoms with Crippen molar-refractivity contribution in [2.24, 2.45) is 0 Å². The first-order chi connectivity index (χ1) is 6.54. The molecule has 0 fully saturated rings. The molecule has 0 heterocycles. The summed E-state index contributed by atoms with van der Waals surface area (Å²) in [5.74, 6) is -17.0. The Bertz CT molecular complexity index is 211. The summed E-state index contributed by atoms with van der Waals surface area (Å²) in [6.45, 7) is -0.134. The fraction of sp³-hybridized carbons (Fsp3) is 0.857. The van der Waals surface area contributed by atoms with E-state index in [1.54, 1.807) is 0 Å². The predicted molar refractivity (Wildman–Crippen MR) is 35.7 cm³/mol. The standard InChI is InChI=1S/C7H7F8/c1-2-5(10,11)7(14,15)6(12,13)4(9)3-8/h4H,1-3H2/t4-/m0/s1. The molecule has 0 aliphatic rings. The van der Waals surface area contributed by atoms with Crippen molar-refractivity contribution in [3.8, 4) is 0 Å². The molecule has 0 aromatic heterocycles. The van der Waals surface area contributed by atoms with Crippen molar-refractivity contribution >= 4 is 0 Å². The van der Waals surface area contributed by atoms with Gasteiger partial charge in [-0.2, -0.15) is 26.3 Å². The normalized spacial score (nSPS) is 16.6. The molecule has 0 amide bonds. The third-order valence-corrected chi connectivity index (χ3v) is 1.72. The summed E-state index contributed by atoms with van der Waals surface area (Å²) in [5.41, 5.74) is 0. The topological polar surface area (TPSA) is 0 Å². The molecule has 0 bridgehead atoms. The molecule has 0 aliphatic heterocycles. The van der Waals surface area contributed by atoms with Crippen molar-refractivity contribution in [3.05, 3.63) is 6.92 Å². The lowest BCUT2D eigenvalue weighted by molar-refractivity contribution is -0.324. The summed E-state index contributed by atoms with van der Waals surface area (Å²) in [4.78, 5) is 0. The Balaban J connectivity index is 5.17. The van der Waals surface area contributed by atoms with Crippen molar-refractivity contribution in [1.29, 1.82) is 0 Å². The fourth-order valence-electron chi connectivity index (χ4n) is 0.694. The summed E-state index contributed by atoms with van der Waals surface area (Å²) in [6.07, 6.45) is -5.83. The fourth-order valence-corrected chi connectivity index (χ4v) is 0.694. The Morgan fingerprint density at radius 1 is 1.00 bits per heavy atom. The number of rotatable bonds is 5. The average Bonchev–Trinajstić information content (AvgIpc) is 2.15. The van der Waals surface area contributed by atoms with Gasteiger partial charge in [-0.3, -0.25) is 0 Å². The first-order valence-electron chi connectivity index (χ1n) is 3.67. The van der Waals surface area contributed by atoms with Crippen LogP contribution in [0.2, 0.25) is 0 Å². The second-order valence-corrected chi connectivity index (χ2v) is 2.77. The van der Waals surface area contributed by atoms with Crippen LogP contribution in [0.3, 0.4) is 0 Å². The highest BCUT2D eigenvalue weighted by Crippen LogP contribution is 2.49. The van der Waals surface area contributed by atoms with Gasteiger partial charge in [0, 0.05) is 6.42 Å². The van der Waals surface area contributed by atoms with Crippen LogP contribution in [0.15, 0.2) is 0 Å². The van der Waals surface area contributed by atoms with Crippen LogP contribution in [0.5, 0.6) is 0 Å². The van der Waals surface area contributed by atoms with E-state index < -0.39 is 37.0 Å². The van der Waals surface area contributed by atoms with E-state index in [1.165, 1.54) is 0 Å². The molecule has 0 N–H and O–H groups in total. The van der Waals surface area contributed by atoms with Gasteiger partial charge in [-0.1, -0.05) is 0 Å². The average molecular weight is 243 g/mol. The lowest BCUT2D eigenvalue weighted by Gasteiger charge is -2.33. The van der Waals surface area contributed by atoms with Gasteiger partial charge < -0.3 is 0 Å². The number of alkyl halides is 8. The van der Waals surface area contributed by atoms with E-state index in [1.807, 2.05) is 0 Å². The van der Waals surface area contributed by atoms with Crippen LogP contribution in [0, 0.1) is 6.92 Å². The van der Waals surface area contributed by atoms with Gasteiger partial charge in [0.2, 0.25) is 0 Å². The molecular weight excluding hydrogens is 236 g/mol. The van der Waals surface area contributed by atoms with E-state index >= 15 is 0 Å². The van der Waals surface area contributed by atoms with Crippen molar-refractivity contribution in [2.75, 3.05) is 6.67 Å². The lowest BCUT2D eigenvalue weighted by Crippen LogP contribution is -2.58. The van der Waals surface area contributed by atoms with E-state index in [2.05, 4.69) is 6.92 Å². The molecule has 0 saturated heterocycles. The number of hydrogen-bond donors (Lipinski definition) is 0. The van der Waals surface area contributed by atoms with Gasteiger partial charge >= 0.3 is 17.8 Å². The third-order valence-electron chi connectivity index (χ3n) is 1.72. The Kier molecular flexibility index (Phi) is 3.98. The highest BCUT2D eigenvalue weighted by molar-refractivity contribution is 5.00. The molecule has 0 unspecified atom stereocenters. The summed E-state index contributed by atoms with van der Waals surface area (Å²) >= 11 is 0. The van der Waals surface area contributed by atoms with Crippen LogP contribution in [0.25, 0.3) is 0 Å². The largest absolute Gasteiger partial charge is 0.375 e. The first-order valence-corrected chi connectivity index (χ1v) is 3.67. The number of halogens is 8. The summed E-state index contributed by atoms with van der Waals surface area (Å²) < 4.78 is 98.0. The molecule has 0 rings (SSSR count). The van der Waals surface area contributed by atoms with E-state index in [0.717, 1.165) is 0 Å². The minimum Gasteiger partial charge on any atom is -0.248 e. The molecular formula is C7H7F8. The highest BCUT2D eigenvalue weighted by Gasteiger charge is 2.73. The van der Waals surface area contributed by atoms with Crippen LogP contribution >= 0.6 is 0 Å². The second-order valence-electron chi connectivity index (χ2n) is 2.77. The smallest absolute Gasteiger partial charge is 0.248 e. The van der Waals surface area contributed by atoms with Crippen LogP contribution in [0.1, 0.15) is 6.42 Å². The Morgan fingerprint density at radius 3 is 1.67 bits per heavy atom. The molecule has 0 spiro atoms. The van der Waals surface area contributed by atoms with Crippen LogP contribution in [-0.2, 0) is 0 Å². The third kappa shape index (κ3) is 2.17. The zero-order chi connectivity index (χ0) is 12.5.